The van der Waals surface area contributed by atoms with Crippen molar-refractivity contribution in [2.75, 3.05) is 6.26 Å². The molecule has 0 heterocycles. The van der Waals surface area contributed by atoms with Crippen LogP contribution in [0, 0.1) is 0 Å². The summed E-state index contributed by atoms with van der Waals surface area (Å²) in [5.41, 5.74) is 8.34. The predicted octanol–water partition coefficient (Wildman–Crippen LogP) is 2.79. The lowest BCUT2D eigenvalue weighted by Crippen LogP contribution is -1.97. The predicted molar refractivity (Wildman–Crippen MR) is 56.1 cm³/mol. The van der Waals surface area contributed by atoms with E-state index < -0.39 is 9.84 Å². The van der Waals surface area contributed by atoms with Crippen LogP contribution in [0.4, 0.5) is 5.69 Å². The normalized spacial score (nSPS) is 10.7. The van der Waals surface area contributed by atoms with Crippen LogP contribution < -0.4 is 0 Å². The Kier molecular flexibility index (Phi) is 3.15. The second kappa shape index (κ2) is 4.00. The molecule has 7 heteroatoms. The molecule has 0 radical (unpaired) electrons. The summed E-state index contributed by atoms with van der Waals surface area (Å²) < 4.78 is 23.2. The quantitative estimate of drug-likeness (QED) is 0.472. The molecular formula is C7H6BrN3O2S. The van der Waals surface area contributed by atoms with E-state index in [9.17, 15) is 8.42 Å². The first-order valence-electron chi connectivity index (χ1n) is 3.50. The molecule has 0 unspecified atom stereocenters. The van der Waals surface area contributed by atoms with Gasteiger partial charge in [-0.2, -0.15) is 0 Å². The highest BCUT2D eigenvalue weighted by Gasteiger charge is 2.12. The van der Waals surface area contributed by atoms with Crippen LogP contribution in [0.1, 0.15) is 0 Å². The second-order valence-corrected chi connectivity index (χ2v) is 5.47. The monoisotopic (exact) mass is 275 g/mol. The molecule has 0 amide bonds. The van der Waals surface area contributed by atoms with Crippen molar-refractivity contribution in [3.05, 3.63) is 33.1 Å². The minimum absolute atomic E-state index is 0.0182. The maximum absolute atomic E-state index is 11.3. The van der Waals surface area contributed by atoms with Crippen LogP contribution in [0.2, 0.25) is 0 Å². The molecule has 1 aromatic rings. The maximum atomic E-state index is 11.3. The van der Waals surface area contributed by atoms with E-state index in [1.54, 1.807) is 6.07 Å². The summed E-state index contributed by atoms with van der Waals surface area (Å²) in [5, 5.41) is 3.29. The first kappa shape index (κ1) is 11.0. The molecule has 1 rings (SSSR count). The summed E-state index contributed by atoms with van der Waals surface area (Å²) >= 11 is 3.14. The molecule has 0 aromatic heterocycles. The minimum Gasteiger partial charge on any atom is -0.224 e. The third kappa shape index (κ3) is 2.47. The summed E-state index contributed by atoms with van der Waals surface area (Å²) in [5.74, 6) is 0. The van der Waals surface area contributed by atoms with Crippen LogP contribution >= 0.6 is 15.9 Å². The van der Waals surface area contributed by atoms with E-state index in [2.05, 4.69) is 26.0 Å². The first-order chi connectivity index (χ1) is 6.45. The largest absolute Gasteiger partial charge is 0.224 e. The van der Waals surface area contributed by atoms with Crippen molar-refractivity contribution in [1.29, 1.82) is 0 Å². The van der Waals surface area contributed by atoms with Gasteiger partial charge in [0.1, 0.15) is 0 Å². The van der Waals surface area contributed by atoms with Crippen molar-refractivity contribution in [2.24, 2.45) is 5.11 Å². The molecule has 74 valence electrons. The van der Waals surface area contributed by atoms with Crippen molar-refractivity contribution in [2.45, 2.75) is 4.90 Å². The molecule has 0 aliphatic rings. The second-order valence-electron chi connectivity index (χ2n) is 2.57. The number of hydrogen-bond acceptors (Lipinski definition) is 3. The fraction of sp³-hybridized carbons (Fsp3) is 0.143. The number of nitrogens with zero attached hydrogens (tertiary/aromatic N) is 3. The van der Waals surface area contributed by atoms with Gasteiger partial charge < -0.3 is 0 Å². The third-order valence-corrected chi connectivity index (χ3v) is 3.09. The highest BCUT2D eigenvalue weighted by molar-refractivity contribution is 9.10. The molecule has 0 N–H and O–H groups in total. The Bertz CT molecular complexity index is 506. The van der Waals surface area contributed by atoms with E-state index in [4.69, 9.17) is 5.53 Å². The highest BCUT2D eigenvalue weighted by atomic mass is 79.9. The minimum atomic E-state index is -3.37. The molecule has 0 bridgehead atoms. The van der Waals surface area contributed by atoms with E-state index in [-0.39, 0.29) is 10.6 Å². The molecule has 5 nitrogen and oxygen atoms in total. The molecule has 0 aliphatic heterocycles. The Morgan fingerprint density at radius 2 is 2.14 bits per heavy atom. The lowest BCUT2D eigenvalue weighted by atomic mass is 10.3. The zero-order valence-corrected chi connectivity index (χ0v) is 9.58. The van der Waals surface area contributed by atoms with E-state index in [0.29, 0.717) is 4.47 Å². The van der Waals surface area contributed by atoms with Gasteiger partial charge in [-0.05, 0) is 17.7 Å². The van der Waals surface area contributed by atoms with Crippen molar-refractivity contribution >= 4 is 31.5 Å². The smallest absolute Gasteiger partial charge is 0.176 e. The standard InChI is InChI=1S/C7H6BrN3O2S/c1-14(12,13)7-4-5(8)2-3-6(7)10-11-9/h2-4H,1H3. The van der Waals surface area contributed by atoms with Gasteiger partial charge in [0.25, 0.3) is 0 Å². The van der Waals surface area contributed by atoms with Crippen molar-refractivity contribution < 1.29 is 8.42 Å². The molecule has 0 aliphatic carbocycles. The summed E-state index contributed by atoms with van der Waals surface area (Å²) in [4.78, 5) is 2.57. The van der Waals surface area contributed by atoms with Gasteiger partial charge in [0.15, 0.2) is 9.84 Å². The fourth-order valence-corrected chi connectivity index (χ4v) is 2.26. The van der Waals surface area contributed by atoms with E-state index >= 15 is 0 Å². The number of benzene rings is 1. The summed E-state index contributed by atoms with van der Waals surface area (Å²) in [7, 11) is -3.37. The molecule has 14 heavy (non-hydrogen) atoms. The number of rotatable bonds is 2. The van der Waals surface area contributed by atoms with Gasteiger partial charge in [-0.25, -0.2) is 8.42 Å². The summed E-state index contributed by atoms with van der Waals surface area (Å²) in [6.45, 7) is 0. The van der Waals surface area contributed by atoms with Gasteiger partial charge in [0.05, 0.1) is 10.6 Å². The van der Waals surface area contributed by atoms with E-state index in [1.165, 1.54) is 12.1 Å². The SMILES string of the molecule is CS(=O)(=O)c1cc(Br)ccc1N=[N+]=[N-]. The summed E-state index contributed by atoms with van der Waals surface area (Å²) in [6.07, 6.45) is 1.06. The Morgan fingerprint density at radius 3 is 2.64 bits per heavy atom. The number of halogens is 1. The van der Waals surface area contributed by atoms with Gasteiger partial charge in [0, 0.05) is 15.6 Å². The Labute approximate surface area is 89.4 Å². The van der Waals surface area contributed by atoms with Crippen LogP contribution in [0.3, 0.4) is 0 Å². The lowest BCUT2D eigenvalue weighted by Gasteiger charge is -2.02. The molecule has 0 atom stereocenters. The van der Waals surface area contributed by atoms with Crippen LogP contribution in [-0.4, -0.2) is 14.7 Å². The van der Waals surface area contributed by atoms with Crippen molar-refractivity contribution in [1.82, 2.24) is 0 Å². The van der Waals surface area contributed by atoms with Gasteiger partial charge in [-0.15, -0.1) is 0 Å². The Hall–Kier alpha value is -1.04. The van der Waals surface area contributed by atoms with Gasteiger partial charge in [0.2, 0.25) is 0 Å². The maximum Gasteiger partial charge on any atom is 0.176 e. The first-order valence-corrected chi connectivity index (χ1v) is 6.18. The van der Waals surface area contributed by atoms with Gasteiger partial charge in [-0.3, -0.25) is 0 Å². The van der Waals surface area contributed by atoms with Crippen LogP contribution in [0.15, 0.2) is 32.7 Å². The van der Waals surface area contributed by atoms with Gasteiger partial charge >= 0.3 is 0 Å². The van der Waals surface area contributed by atoms with Crippen molar-refractivity contribution in [3.8, 4) is 0 Å². The number of azide groups is 1. The topological polar surface area (TPSA) is 82.9 Å². The van der Waals surface area contributed by atoms with E-state index in [0.717, 1.165) is 6.26 Å². The van der Waals surface area contributed by atoms with Crippen molar-refractivity contribution in [3.63, 3.8) is 0 Å². The zero-order chi connectivity index (χ0) is 10.8. The molecule has 0 fully saturated rings. The van der Waals surface area contributed by atoms with Gasteiger partial charge in [-0.1, -0.05) is 27.1 Å². The fourth-order valence-electron chi connectivity index (χ4n) is 0.916. The zero-order valence-electron chi connectivity index (χ0n) is 7.18. The average Bonchev–Trinajstić information content (AvgIpc) is 2.07. The highest BCUT2D eigenvalue weighted by Crippen LogP contribution is 2.27. The molecular weight excluding hydrogens is 270 g/mol. The molecule has 0 saturated carbocycles. The third-order valence-electron chi connectivity index (χ3n) is 1.47. The molecule has 0 spiro atoms. The van der Waals surface area contributed by atoms with E-state index in [1.807, 2.05) is 0 Å². The lowest BCUT2D eigenvalue weighted by molar-refractivity contribution is 0.602. The molecule has 1 aromatic carbocycles. The molecule has 0 saturated heterocycles. The summed E-state index contributed by atoms with van der Waals surface area (Å²) in [6, 6.07) is 4.46. The Balaban J connectivity index is 3.53. The van der Waals surface area contributed by atoms with Crippen LogP contribution in [0.5, 0.6) is 0 Å². The number of sulfone groups is 1. The van der Waals surface area contributed by atoms with Crippen LogP contribution in [0.25, 0.3) is 10.4 Å². The Morgan fingerprint density at radius 1 is 1.50 bits per heavy atom. The van der Waals surface area contributed by atoms with Crippen LogP contribution in [-0.2, 0) is 9.84 Å². The number of hydrogen-bond donors (Lipinski definition) is 0. The average molecular weight is 276 g/mol.